The normalized spacial score (nSPS) is 17.0. The van der Waals surface area contributed by atoms with Gasteiger partial charge in [0, 0.05) is 4.88 Å². The number of nitrogens with zero attached hydrogens (tertiary/aromatic N) is 1. The second-order valence-electron chi connectivity index (χ2n) is 4.22. The first-order valence-electron chi connectivity index (χ1n) is 5.64. The van der Waals surface area contributed by atoms with E-state index in [0.717, 1.165) is 5.69 Å². The number of anilines is 1. The predicted octanol–water partition coefficient (Wildman–Crippen LogP) is 4.11. The molecule has 0 radical (unpaired) electrons. The van der Waals surface area contributed by atoms with Gasteiger partial charge in [-0.2, -0.15) is 0 Å². The van der Waals surface area contributed by atoms with Crippen molar-refractivity contribution in [3.8, 4) is 10.6 Å². The van der Waals surface area contributed by atoms with Gasteiger partial charge in [0.15, 0.2) is 5.13 Å². The summed E-state index contributed by atoms with van der Waals surface area (Å²) in [4.78, 5) is 7.18. The van der Waals surface area contributed by atoms with Crippen LogP contribution in [-0.4, -0.2) is 4.98 Å². The number of thiazole rings is 1. The van der Waals surface area contributed by atoms with Crippen molar-refractivity contribution >= 4 is 27.8 Å². The van der Waals surface area contributed by atoms with E-state index in [0.29, 0.717) is 11.0 Å². The van der Waals surface area contributed by atoms with Crippen LogP contribution in [-0.2, 0) is 0 Å². The van der Waals surface area contributed by atoms with E-state index in [1.165, 1.54) is 35.4 Å². The second-order valence-corrected chi connectivity index (χ2v) is 6.23. The Bertz CT molecular complexity index is 467. The zero-order valence-corrected chi connectivity index (χ0v) is 10.6. The first kappa shape index (κ1) is 10.3. The van der Waals surface area contributed by atoms with Crippen molar-refractivity contribution < 1.29 is 0 Å². The van der Waals surface area contributed by atoms with Gasteiger partial charge in [-0.15, -0.1) is 22.7 Å². The van der Waals surface area contributed by atoms with Gasteiger partial charge in [0.2, 0.25) is 0 Å². The third-order valence-electron chi connectivity index (χ3n) is 3.15. The number of nitrogen functional groups attached to an aromatic ring is 1. The lowest BCUT2D eigenvalue weighted by atomic mass is 10.0. The fraction of sp³-hybridized carbons (Fsp3) is 0.417. The van der Waals surface area contributed by atoms with Crippen molar-refractivity contribution in [3.63, 3.8) is 0 Å². The highest BCUT2D eigenvalue weighted by molar-refractivity contribution is 7.17. The summed E-state index contributed by atoms with van der Waals surface area (Å²) in [6.45, 7) is 0. The van der Waals surface area contributed by atoms with Gasteiger partial charge in [-0.1, -0.05) is 18.9 Å². The van der Waals surface area contributed by atoms with E-state index in [4.69, 9.17) is 5.73 Å². The summed E-state index contributed by atoms with van der Waals surface area (Å²) in [5, 5.41) is 2.81. The monoisotopic (exact) mass is 250 g/mol. The van der Waals surface area contributed by atoms with E-state index in [9.17, 15) is 0 Å². The Kier molecular flexibility index (Phi) is 2.69. The van der Waals surface area contributed by atoms with Crippen LogP contribution in [0.25, 0.3) is 10.6 Å². The van der Waals surface area contributed by atoms with Crippen LogP contribution in [0.4, 0.5) is 5.13 Å². The van der Waals surface area contributed by atoms with Crippen molar-refractivity contribution in [2.75, 3.05) is 5.73 Å². The number of aromatic nitrogens is 1. The summed E-state index contributed by atoms with van der Waals surface area (Å²) >= 11 is 3.43. The van der Waals surface area contributed by atoms with Crippen LogP contribution >= 0.6 is 22.7 Å². The zero-order valence-electron chi connectivity index (χ0n) is 8.98. The molecule has 0 unspecified atom stereocenters. The fourth-order valence-electron chi connectivity index (χ4n) is 2.40. The Morgan fingerprint density at radius 3 is 2.81 bits per heavy atom. The van der Waals surface area contributed by atoms with E-state index in [1.54, 1.807) is 22.7 Å². The molecule has 0 bridgehead atoms. The molecule has 1 fully saturated rings. The van der Waals surface area contributed by atoms with Gasteiger partial charge in [-0.25, -0.2) is 4.98 Å². The molecular weight excluding hydrogens is 236 g/mol. The van der Waals surface area contributed by atoms with Crippen LogP contribution < -0.4 is 5.73 Å². The minimum atomic E-state index is 0.701. The number of rotatable bonds is 2. The molecule has 0 aromatic carbocycles. The summed E-state index contributed by atoms with van der Waals surface area (Å²) in [7, 11) is 0. The maximum Gasteiger partial charge on any atom is 0.180 e. The quantitative estimate of drug-likeness (QED) is 0.871. The lowest BCUT2D eigenvalue weighted by molar-refractivity contribution is 0.738. The average molecular weight is 250 g/mol. The number of hydrogen-bond acceptors (Lipinski definition) is 4. The van der Waals surface area contributed by atoms with Gasteiger partial charge in [-0.3, -0.25) is 0 Å². The number of nitrogens with two attached hydrogens (primary N) is 1. The molecule has 1 saturated carbocycles. The summed E-state index contributed by atoms with van der Waals surface area (Å²) in [6, 6.07) is 4.21. The van der Waals surface area contributed by atoms with Gasteiger partial charge in [-0.05, 0) is 30.2 Å². The molecule has 0 aliphatic heterocycles. The Morgan fingerprint density at radius 2 is 2.12 bits per heavy atom. The van der Waals surface area contributed by atoms with E-state index in [-0.39, 0.29) is 0 Å². The molecule has 2 aromatic rings. The summed E-state index contributed by atoms with van der Waals surface area (Å²) < 4.78 is 0. The first-order chi connectivity index (χ1) is 7.84. The third kappa shape index (κ3) is 1.76. The standard InChI is InChI=1S/C12H14N2S2/c13-12-14-10(9-6-3-7-15-9)11(16-12)8-4-1-2-5-8/h3,6-8H,1-2,4-5H2,(H2,13,14). The maximum absolute atomic E-state index is 5.87. The molecular formula is C12H14N2S2. The van der Waals surface area contributed by atoms with Crippen LogP contribution in [0.15, 0.2) is 17.5 Å². The smallest absolute Gasteiger partial charge is 0.180 e. The van der Waals surface area contributed by atoms with E-state index in [1.807, 2.05) is 0 Å². The topological polar surface area (TPSA) is 38.9 Å². The Morgan fingerprint density at radius 1 is 1.31 bits per heavy atom. The van der Waals surface area contributed by atoms with Gasteiger partial charge < -0.3 is 5.73 Å². The Labute approximate surface area is 103 Å². The minimum Gasteiger partial charge on any atom is -0.375 e. The molecule has 0 saturated heterocycles. The van der Waals surface area contributed by atoms with Gasteiger partial charge in [0.25, 0.3) is 0 Å². The van der Waals surface area contributed by atoms with Crippen LogP contribution in [0, 0.1) is 0 Å². The molecule has 1 aliphatic carbocycles. The van der Waals surface area contributed by atoms with Crippen LogP contribution in [0.3, 0.4) is 0 Å². The highest BCUT2D eigenvalue weighted by atomic mass is 32.1. The number of hydrogen-bond donors (Lipinski definition) is 1. The molecule has 1 aliphatic rings. The molecule has 0 spiro atoms. The molecule has 16 heavy (non-hydrogen) atoms. The largest absolute Gasteiger partial charge is 0.375 e. The van der Waals surface area contributed by atoms with Crippen molar-refractivity contribution in [2.24, 2.45) is 0 Å². The van der Waals surface area contributed by atoms with Crippen LogP contribution in [0.5, 0.6) is 0 Å². The third-order valence-corrected chi connectivity index (χ3v) is 5.07. The highest BCUT2D eigenvalue weighted by Gasteiger charge is 2.24. The van der Waals surface area contributed by atoms with Crippen LogP contribution in [0.2, 0.25) is 0 Å². The first-order valence-corrected chi connectivity index (χ1v) is 7.34. The van der Waals surface area contributed by atoms with Crippen LogP contribution in [0.1, 0.15) is 36.5 Å². The fourth-order valence-corrected chi connectivity index (χ4v) is 4.21. The van der Waals surface area contributed by atoms with E-state index >= 15 is 0 Å². The lowest BCUT2D eigenvalue weighted by Crippen LogP contribution is -1.90. The zero-order chi connectivity index (χ0) is 11.0. The van der Waals surface area contributed by atoms with Crippen molar-refractivity contribution in [2.45, 2.75) is 31.6 Å². The van der Waals surface area contributed by atoms with Crippen molar-refractivity contribution in [1.29, 1.82) is 0 Å². The lowest BCUT2D eigenvalue weighted by Gasteiger charge is -2.07. The van der Waals surface area contributed by atoms with Gasteiger partial charge >= 0.3 is 0 Å². The summed E-state index contributed by atoms with van der Waals surface area (Å²) in [6.07, 6.45) is 5.32. The number of thiophene rings is 1. The molecule has 2 nitrogen and oxygen atoms in total. The minimum absolute atomic E-state index is 0.701. The summed E-state index contributed by atoms with van der Waals surface area (Å²) in [5.41, 5.74) is 7.01. The molecule has 2 heterocycles. The van der Waals surface area contributed by atoms with Gasteiger partial charge in [0.1, 0.15) is 0 Å². The molecule has 3 rings (SSSR count). The summed E-state index contributed by atoms with van der Waals surface area (Å²) in [5.74, 6) is 0.701. The molecule has 4 heteroatoms. The maximum atomic E-state index is 5.87. The Balaban J connectivity index is 2.03. The second kappa shape index (κ2) is 4.18. The Hall–Kier alpha value is -0.870. The van der Waals surface area contributed by atoms with Crippen molar-refractivity contribution in [1.82, 2.24) is 4.98 Å². The van der Waals surface area contributed by atoms with Gasteiger partial charge in [0.05, 0.1) is 10.6 Å². The molecule has 2 N–H and O–H groups in total. The SMILES string of the molecule is Nc1nc(-c2cccs2)c(C2CCCC2)s1. The molecule has 84 valence electrons. The average Bonchev–Trinajstić information content (AvgIpc) is 2.98. The van der Waals surface area contributed by atoms with E-state index < -0.39 is 0 Å². The highest BCUT2D eigenvalue weighted by Crippen LogP contribution is 2.43. The van der Waals surface area contributed by atoms with Crippen molar-refractivity contribution in [3.05, 3.63) is 22.4 Å². The molecule has 0 atom stereocenters. The molecule has 2 aromatic heterocycles. The van der Waals surface area contributed by atoms with E-state index in [2.05, 4.69) is 22.5 Å². The predicted molar refractivity (Wildman–Crippen MR) is 71.0 cm³/mol. The molecule has 0 amide bonds.